The van der Waals surface area contributed by atoms with Gasteiger partial charge < -0.3 is 14.1 Å². The second-order valence-electron chi connectivity index (χ2n) is 5.23. The Morgan fingerprint density at radius 3 is 3.14 bits per heavy atom. The largest absolute Gasteiger partial charge is 0.440 e. The number of fused-ring (bicyclic) bond motifs is 3. The van der Waals surface area contributed by atoms with Crippen molar-refractivity contribution in [1.82, 2.24) is 19.9 Å². The van der Waals surface area contributed by atoms with E-state index < -0.39 is 0 Å². The van der Waals surface area contributed by atoms with Gasteiger partial charge in [-0.15, -0.1) is 5.10 Å². The van der Waals surface area contributed by atoms with Gasteiger partial charge in [-0.05, 0) is 30.2 Å². The Labute approximate surface area is 125 Å². The fourth-order valence-electron chi connectivity index (χ4n) is 2.95. The van der Waals surface area contributed by atoms with Crippen molar-refractivity contribution in [1.29, 1.82) is 0 Å². The molecule has 7 nitrogen and oxygen atoms in total. The molecule has 0 spiro atoms. The zero-order valence-electron chi connectivity index (χ0n) is 11.1. The standard InChI is InChI=1S/C13H13ClN4O3/c14-12-2-1-11(21-12)13(19)17-4-3-10-9(6-17)18-8(7-20-10)5-15-16-18/h1-2,5,9-10H,3-4,6-7H2/t9-,10+/m1/s1. The first-order valence-electron chi connectivity index (χ1n) is 6.77. The quantitative estimate of drug-likeness (QED) is 0.798. The number of aromatic nitrogens is 3. The summed E-state index contributed by atoms with van der Waals surface area (Å²) < 4.78 is 12.9. The number of carbonyl (C=O) groups excluding carboxylic acids is 1. The van der Waals surface area contributed by atoms with E-state index in [9.17, 15) is 4.79 Å². The second kappa shape index (κ2) is 4.85. The lowest BCUT2D eigenvalue weighted by molar-refractivity contribution is -0.0608. The zero-order chi connectivity index (χ0) is 14.4. The molecular formula is C13H13ClN4O3. The minimum atomic E-state index is -0.160. The molecule has 4 heterocycles. The molecule has 0 radical (unpaired) electrons. The van der Waals surface area contributed by atoms with Gasteiger partial charge in [0, 0.05) is 13.1 Å². The molecule has 2 aliphatic rings. The third kappa shape index (κ3) is 2.13. The Morgan fingerprint density at radius 2 is 2.33 bits per heavy atom. The monoisotopic (exact) mass is 308 g/mol. The van der Waals surface area contributed by atoms with Crippen molar-refractivity contribution in [3.05, 3.63) is 35.0 Å². The van der Waals surface area contributed by atoms with E-state index in [-0.39, 0.29) is 29.0 Å². The normalized spacial score (nSPS) is 24.5. The van der Waals surface area contributed by atoms with Crippen LogP contribution in [-0.4, -0.2) is 45.0 Å². The SMILES string of the molecule is O=C(c1ccc(Cl)o1)N1CC[C@@H]2OCc3cnnn3[C@@H]2C1. The molecule has 0 aromatic carbocycles. The van der Waals surface area contributed by atoms with Crippen molar-refractivity contribution in [3.63, 3.8) is 0 Å². The highest BCUT2D eigenvalue weighted by molar-refractivity contribution is 6.29. The maximum atomic E-state index is 12.4. The first-order chi connectivity index (χ1) is 10.2. The Morgan fingerprint density at radius 1 is 1.43 bits per heavy atom. The minimum Gasteiger partial charge on any atom is -0.440 e. The summed E-state index contributed by atoms with van der Waals surface area (Å²) >= 11 is 5.73. The van der Waals surface area contributed by atoms with E-state index >= 15 is 0 Å². The molecule has 2 aromatic heterocycles. The van der Waals surface area contributed by atoms with E-state index in [1.807, 2.05) is 4.68 Å². The number of rotatable bonds is 1. The van der Waals surface area contributed by atoms with Crippen LogP contribution in [0.2, 0.25) is 5.22 Å². The summed E-state index contributed by atoms with van der Waals surface area (Å²) in [5, 5.41) is 8.25. The molecule has 4 rings (SSSR count). The zero-order valence-corrected chi connectivity index (χ0v) is 11.9. The van der Waals surface area contributed by atoms with Crippen LogP contribution in [-0.2, 0) is 11.3 Å². The number of nitrogens with zero attached hydrogens (tertiary/aromatic N) is 4. The Kier molecular flexibility index (Phi) is 2.97. The van der Waals surface area contributed by atoms with Crippen LogP contribution >= 0.6 is 11.6 Å². The van der Waals surface area contributed by atoms with Crippen molar-refractivity contribution >= 4 is 17.5 Å². The predicted octanol–water partition coefficient (Wildman–Crippen LogP) is 1.51. The summed E-state index contributed by atoms with van der Waals surface area (Å²) in [6, 6.07) is 3.16. The summed E-state index contributed by atoms with van der Waals surface area (Å²) in [6.45, 7) is 1.68. The Bertz CT molecular complexity index is 683. The summed E-state index contributed by atoms with van der Waals surface area (Å²) in [7, 11) is 0. The lowest BCUT2D eigenvalue weighted by Crippen LogP contribution is -2.49. The van der Waals surface area contributed by atoms with Crippen molar-refractivity contribution in [3.8, 4) is 0 Å². The van der Waals surface area contributed by atoms with Gasteiger partial charge in [0.25, 0.3) is 5.91 Å². The van der Waals surface area contributed by atoms with E-state index in [0.29, 0.717) is 19.7 Å². The van der Waals surface area contributed by atoms with Crippen LogP contribution in [0.25, 0.3) is 0 Å². The number of piperidine rings is 1. The fourth-order valence-corrected chi connectivity index (χ4v) is 3.09. The molecule has 21 heavy (non-hydrogen) atoms. The van der Waals surface area contributed by atoms with Crippen molar-refractivity contribution in [2.75, 3.05) is 13.1 Å². The average molecular weight is 309 g/mol. The topological polar surface area (TPSA) is 73.4 Å². The first-order valence-corrected chi connectivity index (χ1v) is 7.15. The lowest BCUT2D eigenvalue weighted by atomic mass is 10.00. The minimum absolute atomic E-state index is 0.000570. The molecule has 0 saturated carbocycles. The number of furan rings is 1. The highest BCUT2D eigenvalue weighted by Crippen LogP contribution is 2.30. The van der Waals surface area contributed by atoms with Gasteiger partial charge in [-0.1, -0.05) is 5.21 Å². The molecule has 0 N–H and O–H groups in total. The third-order valence-electron chi connectivity index (χ3n) is 4.00. The van der Waals surface area contributed by atoms with E-state index in [1.165, 1.54) is 0 Å². The number of ether oxygens (including phenoxy) is 1. The molecule has 0 unspecified atom stereocenters. The second-order valence-corrected chi connectivity index (χ2v) is 5.60. The maximum absolute atomic E-state index is 12.4. The molecule has 0 aliphatic carbocycles. The van der Waals surface area contributed by atoms with Crippen molar-refractivity contribution in [2.45, 2.75) is 25.2 Å². The number of hydrogen-bond acceptors (Lipinski definition) is 5. The summed E-state index contributed by atoms with van der Waals surface area (Å²) in [6.07, 6.45) is 2.54. The Balaban J connectivity index is 1.57. The maximum Gasteiger partial charge on any atom is 0.289 e. The van der Waals surface area contributed by atoms with Gasteiger partial charge in [-0.25, -0.2) is 4.68 Å². The van der Waals surface area contributed by atoms with Crippen LogP contribution in [0.3, 0.4) is 0 Å². The Hall–Kier alpha value is -1.86. The van der Waals surface area contributed by atoms with Crippen LogP contribution in [0.15, 0.2) is 22.7 Å². The smallest absolute Gasteiger partial charge is 0.289 e. The number of amides is 1. The molecule has 2 aliphatic heterocycles. The van der Waals surface area contributed by atoms with Gasteiger partial charge in [-0.2, -0.15) is 0 Å². The third-order valence-corrected chi connectivity index (χ3v) is 4.20. The van der Waals surface area contributed by atoms with Crippen LogP contribution < -0.4 is 0 Å². The van der Waals surface area contributed by atoms with Crippen LogP contribution in [0, 0.1) is 0 Å². The molecule has 2 aromatic rings. The molecule has 1 amide bonds. The molecule has 8 heteroatoms. The summed E-state index contributed by atoms with van der Waals surface area (Å²) in [4.78, 5) is 14.2. The predicted molar refractivity (Wildman–Crippen MR) is 71.9 cm³/mol. The average Bonchev–Trinajstić information content (AvgIpc) is 3.14. The van der Waals surface area contributed by atoms with E-state index in [1.54, 1.807) is 23.2 Å². The number of carbonyl (C=O) groups is 1. The molecule has 0 bridgehead atoms. The van der Waals surface area contributed by atoms with E-state index in [0.717, 1.165) is 12.1 Å². The van der Waals surface area contributed by atoms with Crippen LogP contribution in [0.5, 0.6) is 0 Å². The van der Waals surface area contributed by atoms with Gasteiger partial charge in [-0.3, -0.25) is 4.79 Å². The molecular weight excluding hydrogens is 296 g/mol. The van der Waals surface area contributed by atoms with E-state index in [4.69, 9.17) is 20.8 Å². The van der Waals surface area contributed by atoms with Gasteiger partial charge in [0.2, 0.25) is 0 Å². The molecule has 1 fully saturated rings. The molecule has 2 atom stereocenters. The fraction of sp³-hybridized carbons (Fsp3) is 0.462. The number of likely N-dealkylation sites (tertiary alicyclic amines) is 1. The highest BCUT2D eigenvalue weighted by Gasteiger charge is 2.38. The van der Waals surface area contributed by atoms with Crippen molar-refractivity contribution in [2.24, 2.45) is 0 Å². The van der Waals surface area contributed by atoms with Crippen LogP contribution in [0.4, 0.5) is 0 Å². The van der Waals surface area contributed by atoms with E-state index in [2.05, 4.69) is 10.3 Å². The number of hydrogen-bond donors (Lipinski definition) is 0. The highest BCUT2D eigenvalue weighted by atomic mass is 35.5. The molecule has 110 valence electrons. The van der Waals surface area contributed by atoms with Crippen molar-refractivity contribution < 1.29 is 13.9 Å². The van der Waals surface area contributed by atoms with Gasteiger partial charge in [0.05, 0.1) is 30.6 Å². The lowest BCUT2D eigenvalue weighted by Gasteiger charge is -2.40. The van der Waals surface area contributed by atoms with Crippen LogP contribution in [0.1, 0.15) is 28.7 Å². The van der Waals surface area contributed by atoms with Gasteiger partial charge in [0.15, 0.2) is 11.0 Å². The van der Waals surface area contributed by atoms with Gasteiger partial charge in [0.1, 0.15) is 0 Å². The summed E-state index contributed by atoms with van der Waals surface area (Å²) in [5.41, 5.74) is 0.937. The van der Waals surface area contributed by atoms with Gasteiger partial charge >= 0.3 is 0 Å². The summed E-state index contributed by atoms with van der Waals surface area (Å²) in [5.74, 6) is 0.0987. The first kappa shape index (κ1) is 12.8. The number of halogens is 1. The molecule has 1 saturated heterocycles.